The summed E-state index contributed by atoms with van der Waals surface area (Å²) < 4.78 is 1.17. The molecule has 0 aromatic carbocycles. The van der Waals surface area contributed by atoms with Gasteiger partial charge in [0, 0.05) is 33.2 Å². The highest BCUT2D eigenvalue weighted by molar-refractivity contribution is 9.10. The summed E-state index contributed by atoms with van der Waals surface area (Å²) in [5.41, 5.74) is 1.28. The average molecular weight is 311 g/mol. The van der Waals surface area contributed by atoms with Crippen LogP contribution in [0.5, 0.6) is 0 Å². The van der Waals surface area contributed by atoms with Crippen molar-refractivity contribution in [3.05, 3.63) is 50.9 Å². The fraction of sp³-hybridized carbons (Fsp3) is 0.308. The molecule has 0 spiro atoms. The van der Waals surface area contributed by atoms with Crippen molar-refractivity contribution in [2.75, 3.05) is 6.54 Å². The highest BCUT2D eigenvalue weighted by atomic mass is 79.9. The number of nitrogens with one attached hydrogen (secondary N) is 1. The second kappa shape index (κ2) is 6.28. The molecule has 0 aliphatic carbocycles. The molecule has 2 aromatic rings. The second-order valence-electron chi connectivity index (χ2n) is 3.95. The van der Waals surface area contributed by atoms with Crippen molar-refractivity contribution in [1.29, 1.82) is 0 Å². The molecule has 2 heterocycles. The summed E-state index contributed by atoms with van der Waals surface area (Å²) in [4.78, 5) is 5.48. The van der Waals surface area contributed by atoms with Crippen LogP contribution in [0, 0.1) is 0 Å². The van der Waals surface area contributed by atoms with Gasteiger partial charge in [0.25, 0.3) is 0 Å². The number of rotatable bonds is 5. The van der Waals surface area contributed by atoms with Gasteiger partial charge in [-0.1, -0.05) is 6.07 Å². The maximum absolute atomic E-state index is 4.11. The number of hydrogen-bond donors (Lipinski definition) is 1. The first kappa shape index (κ1) is 12.7. The molecule has 0 aliphatic heterocycles. The lowest BCUT2D eigenvalue weighted by atomic mass is 10.2. The molecule has 0 aliphatic rings. The molecule has 17 heavy (non-hydrogen) atoms. The third-order valence-corrected chi connectivity index (χ3v) is 4.48. The molecule has 0 fully saturated rings. The van der Waals surface area contributed by atoms with Gasteiger partial charge in [-0.3, -0.25) is 4.98 Å². The number of thiophene rings is 1. The van der Waals surface area contributed by atoms with Crippen LogP contribution >= 0.6 is 27.3 Å². The fourth-order valence-electron chi connectivity index (χ4n) is 1.63. The molecule has 0 radical (unpaired) electrons. The number of halogens is 1. The maximum atomic E-state index is 4.11. The van der Waals surface area contributed by atoms with E-state index in [1.54, 1.807) is 11.3 Å². The quantitative estimate of drug-likeness (QED) is 0.908. The Morgan fingerprint density at radius 1 is 1.53 bits per heavy atom. The van der Waals surface area contributed by atoms with Gasteiger partial charge in [-0.05, 0) is 53.5 Å². The summed E-state index contributed by atoms with van der Waals surface area (Å²) in [5, 5.41) is 5.64. The van der Waals surface area contributed by atoms with E-state index in [9.17, 15) is 0 Å². The Morgan fingerprint density at radius 2 is 2.41 bits per heavy atom. The molecule has 0 saturated heterocycles. The fourth-order valence-corrected chi connectivity index (χ4v) is 3.11. The SMILES string of the molecule is CC(NCCc1cccnc1)c1cc(Br)cs1. The molecule has 1 atom stereocenters. The molecule has 2 rings (SSSR count). The molecule has 0 bridgehead atoms. The Hall–Kier alpha value is -0.710. The van der Waals surface area contributed by atoms with E-state index < -0.39 is 0 Å². The van der Waals surface area contributed by atoms with Gasteiger partial charge in [0.15, 0.2) is 0 Å². The zero-order valence-electron chi connectivity index (χ0n) is 9.69. The van der Waals surface area contributed by atoms with Crippen molar-refractivity contribution in [3.63, 3.8) is 0 Å². The van der Waals surface area contributed by atoms with Crippen molar-refractivity contribution >= 4 is 27.3 Å². The largest absolute Gasteiger partial charge is 0.309 e. The predicted octanol–water partition coefficient (Wildman–Crippen LogP) is 3.80. The van der Waals surface area contributed by atoms with Gasteiger partial charge in [0.05, 0.1) is 0 Å². The first-order valence-corrected chi connectivity index (χ1v) is 7.29. The van der Waals surface area contributed by atoms with Crippen molar-refractivity contribution in [1.82, 2.24) is 10.3 Å². The highest BCUT2D eigenvalue weighted by Gasteiger charge is 2.06. The van der Waals surface area contributed by atoms with Gasteiger partial charge in [-0.15, -0.1) is 11.3 Å². The van der Waals surface area contributed by atoms with Crippen LogP contribution in [0.3, 0.4) is 0 Å². The highest BCUT2D eigenvalue weighted by Crippen LogP contribution is 2.25. The van der Waals surface area contributed by atoms with E-state index in [4.69, 9.17) is 0 Å². The lowest BCUT2D eigenvalue weighted by Gasteiger charge is -2.11. The van der Waals surface area contributed by atoms with Crippen molar-refractivity contribution in [2.45, 2.75) is 19.4 Å². The van der Waals surface area contributed by atoms with E-state index in [1.807, 2.05) is 18.5 Å². The van der Waals surface area contributed by atoms with E-state index in [2.05, 4.69) is 50.7 Å². The second-order valence-corrected chi connectivity index (χ2v) is 5.81. The van der Waals surface area contributed by atoms with Crippen molar-refractivity contribution in [2.24, 2.45) is 0 Å². The topological polar surface area (TPSA) is 24.9 Å². The zero-order valence-corrected chi connectivity index (χ0v) is 12.1. The van der Waals surface area contributed by atoms with E-state index >= 15 is 0 Å². The first-order valence-electron chi connectivity index (χ1n) is 5.62. The summed E-state index contributed by atoms with van der Waals surface area (Å²) in [6.45, 7) is 3.17. The molecule has 2 nitrogen and oxygen atoms in total. The average Bonchev–Trinajstić information content (AvgIpc) is 2.77. The minimum atomic E-state index is 0.406. The Morgan fingerprint density at radius 3 is 3.06 bits per heavy atom. The van der Waals surface area contributed by atoms with Gasteiger partial charge < -0.3 is 5.32 Å². The van der Waals surface area contributed by atoms with E-state index in [0.717, 1.165) is 13.0 Å². The molecule has 4 heteroatoms. The number of hydrogen-bond acceptors (Lipinski definition) is 3. The van der Waals surface area contributed by atoms with Gasteiger partial charge in [0.2, 0.25) is 0 Å². The summed E-state index contributed by atoms with van der Waals surface area (Å²) >= 11 is 5.26. The molecular formula is C13H15BrN2S. The molecular weight excluding hydrogens is 296 g/mol. The Kier molecular flexibility index (Phi) is 4.71. The molecule has 1 N–H and O–H groups in total. The normalized spacial score (nSPS) is 12.6. The summed E-state index contributed by atoms with van der Waals surface area (Å²) in [6, 6.07) is 6.67. The van der Waals surface area contributed by atoms with Gasteiger partial charge >= 0.3 is 0 Å². The first-order chi connectivity index (χ1) is 8.25. The standard InChI is InChI=1S/C13H15BrN2S/c1-10(13-7-12(14)9-17-13)16-6-4-11-3-2-5-15-8-11/h2-3,5,7-10,16H,4,6H2,1H3. The van der Waals surface area contributed by atoms with Crippen LogP contribution in [-0.2, 0) is 6.42 Å². The van der Waals surface area contributed by atoms with Crippen LogP contribution in [0.4, 0.5) is 0 Å². The Bertz CT molecular complexity index is 455. The van der Waals surface area contributed by atoms with Crippen molar-refractivity contribution in [3.8, 4) is 0 Å². The number of aromatic nitrogens is 1. The minimum Gasteiger partial charge on any atom is -0.309 e. The maximum Gasteiger partial charge on any atom is 0.0386 e. The summed E-state index contributed by atoms with van der Waals surface area (Å²) in [6.07, 6.45) is 4.75. The number of nitrogens with zero attached hydrogens (tertiary/aromatic N) is 1. The summed E-state index contributed by atoms with van der Waals surface area (Å²) in [5.74, 6) is 0. The Balaban J connectivity index is 1.79. The lowest BCUT2D eigenvalue weighted by Crippen LogP contribution is -2.20. The van der Waals surface area contributed by atoms with Gasteiger partial charge in [0.1, 0.15) is 0 Å². The smallest absolute Gasteiger partial charge is 0.0386 e. The van der Waals surface area contributed by atoms with Crippen LogP contribution in [-0.4, -0.2) is 11.5 Å². The van der Waals surface area contributed by atoms with E-state index in [-0.39, 0.29) is 0 Å². The van der Waals surface area contributed by atoms with Gasteiger partial charge in [-0.2, -0.15) is 0 Å². The Labute approximate surface area is 114 Å². The van der Waals surface area contributed by atoms with E-state index in [0.29, 0.717) is 6.04 Å². The minimum absolute atomic E-state index is 0.406. The molecule has 0 saturated carbocycles. The lowest BCUT2D eigenvalue weighted by molar-refractivity contribution is 0.584. The van der Waals surface area contributed by atoms with Crippen LogP contribution in [0.25, 0.3) is 0 Å². The molecule has 0 amide bonds. The van der Waals surface area contributed by atoms with E-state index in [1.165, 1.54) is 14.9 Å². The predicted molar refractivity (Wildman–Crippen MR) is 76.4 cm³/mol. The molecule has 90 valence electrons. The van der Waals surface area contributed by atoms with Crippen molar-refractivity contribution < 1.29 is 0 Å². The van der Waals surface area contributed by atoms with Crippen LogP contribution in [0.15, 0.2) is 40.4 Å². The van der Waals surface area contributed by atoms with Gasteiger partial charge in [-0.25, -0.2) is 0 Å². The third kappa shape index (κ3) is 3.91. The molecule has 1 unspecified atom stereocenters. The van der Waals surface area contributed by atoms with Crippen LogP contribution < -0.4 is 5.32 Å². The zero-order chi connectivity index (χ0) is 12.1. The molecule has 2 aromatic heterocycles. The van der Waals surface area contributed by atoms with Crippen LogP contribution in [0.2, 0.25) is 0 Å². The monoisotopic (exact) mass is 310 g/mol. The number of pyridine rings is 1. The van der Waals surface area contributed by atoms with Crippen LogP contribution in [0.1, 0.15) is 23.4 Å². The third-order valence-electron chi connectivity index (χ3n) is 2.60. The summed E-state index contributed by atoms with van der Waals surface area (Å²) in [7, 11) is 0.